The van der Waals surface area contributed by atoms with E-state index >= 15 is 0 Å². The second-order valence-corrected chi connectivity index (χ2v) is 4.19. The molecule has 1 amide bonds. The number of benzene rings is 1. The minimum atomic E-state index is -0.568. The van der Waals surface area contributed by atoms with Crippen molar-refractivity contribution in [2.24, 2.45) is 5.73 Å². The number of rotatable bonds is 4. The number of carbonyl (C=O) groups excluding carboxylic acids is 1. The van der Waals surface area contributed by atoms with Crippen molar-refractivity contribution in [2.75, 3.05) is 5.32 Å². The van der Waals surface area contributed by atoms with Crippen LogP contribution in [0.5, 0.6) is 0 Å². The minimum Gasteiger partial charge on any atom is -0.322 e. The second kappa shape index (κ2) is 5.46. The van der Waals surface area contributed by atoms with E-state index in [0.29, 0.717) is 12.1 Å². The molecule has 18 heavy (non-hydrogen) atoms. The van der Waals surface area contributed by atoms with Crippen LogP contribution in [0.3, 0.4) is 0 Å². The van der Waals surface area contributed by atoms with E-state index in [1.165, 1.54) is 0 Å². The van der Waals surface area contributed by atoms with Gasteiger partial charge in [-0.3, -0.25) is 9.89 Å². The molecule has 0 aliphatic carbocycles. The summed E-state index contributed by atoms with van der Waals surface area (Å²) >= 11 is 0. The number of nitrogens with zero attached hydrogens (tertiary/aromatic N) is 1. The zero-order chi connectivity index (χ0) is 13.0. The van der Waals surface area contributed by atoms with E-state index in [1.54, 1.807) is 6.20 Å². The number of anilines is 1. The van der Waals surface area contributed by atoms with Crippen molar-refractivity contribution < 1.29 is 4.79 Å². The summed E-state index contributed by atoms with van der Waals surface area (Å²) in [5.74, 6) is -0.205. The molecule has 94 valence electrons. The molecule has 1 atom stereocenters. The van der Waals surface area contributed by atoms with Crippen LogP contribution < -0.4 is 11.1 Å². The Morgan fingerprint density at radius 2 is 2.17 bits per heavy atom. The number of H-pyrrole nitrogens is 1. The normalized spacial score (nSPS) is 12.1. The summed E-state index contributed by atoms with van der Waals surface area (Å²) in [5, 5.41) is 9.35. The molecule has 0 radical (unpaired) electrons. The lowest BCUT2D eigenvalue weighted by molar-refractivity contribution is -0.117. The van der Waals surface area contributed by atoms with Crippen LogP contribution in [0, 0.1) is 6.92 Å². The number of aryl methyl sites for hydroxylation is 1. The van der Waals surface area contributed by atoms with Crippen LogP contribution in [0.15, 0.2) is 36.5 Å². The first kappa shape index (κ1) is 12.3. The van der Waals surface area contributed by atoms with Gasteiger partial charge in [-0.25, -0.2) is 0 Å². The fourth-order valence-electron chi connectivity index (χ4n) is 1.66. The van der Waals surface area contributed by atoms with Crippen molar-refractivity contribution in [3.63, 3.8) is 0 Å². The van der Waals surface area contributed by atoms with Crippen LogP contribution >= 0.6 is 0 Å². The topological polar surface area (TPSA) is 83.8 Å². The van der Waals surface area contributed by atoms with Gasteiger partial charge in [0.05, 0.1) is 23.6 Å². The molecular weight excluding hydrogens is 228 g/mol. The molecule has 0 saturated heterocycles. The van der Waals surface area contributed by atoms with Gasteiger partial charge in [0.25, 0.3) is 0 Å². The number of nitrogens with two attached hydrogens (primary N) is 1. The van der Waals surface area contributed by atoms with Crippen LogP contribution in [0.1, 0.15) is 11.3 Å². The van der Waals surface area contributed by atoms with Gasteiger partial charge in [0.15, 0.2) is 0 Å². The Kier molecular flexibility index (Phi) is 3.74. The lowest BCUT2D eigenvalue weighted by Crippen LogP contribution is -2.37. The molecule has 5 nitrogen and oxygen atoms in total. The van der Waals surface area contributed by atoms with E-state index in [9.17, 15) is 4.79 Å². The molecule has 1 heterocycles. The molecule has 4 N–H and O–H groups in total. The number of aromatic amines is 1. The molecule has 2 aromatic rings. The highest BCUT2D eigenvalue weighted by molar-refractivity contribution is 5.95. The summed E-state index contributed by atoms with van der Waals surface area (Å²) in [4.78, 5) is 11.9. The maximum absolute atomic E-state index is 11.9. The second-order valence-electron chi connectivity index (χ2n) is 4.19. The summed E-state index contributed by atoms with van der Waals surface area (Å²) in [6, 6.07) is 9.14. The fraction of sp³-hybridized carbons (Fsp3) is 0.231. The number of amides is 1. The summed E-state index contributed by atoms with van der Waals surface area (Å²) in [5.41, 5.74) is 8.40. The molecule has 2 rings (SSSR count). The van der Waals surface area contributed by atoms with Crippen LogP contribution in [0.25, 0.3) is 0 Å². The van der Waals surface area contributed by atoms with Crippen LogP contribution in [0.4, 0.5) is 5.69 Å². The Morgan fingerprint density at radius 1 is 1.44 bits per heavy atom. The maximum atomic E-state index is 11.9. The molecule has 0 bridgehead atoms. The van der Waals surface area contributed by atoms with Crippen molar-refractivity contribution in [1.82, 2.24) is 10.2 Å². The first-order valence-corrected chi connectivity index (χ1v) is 5.77. The zero-order valence-corrected chi connectivity index (χ0v) is 10.2. The Morgan fingerprint density at radius 3 is 2.78 bits per heavy atom. The first-order chi connectivity index (χ1) is 8.66. The van der Waals surface area contributed by atoms with Gasteiger partial charge in [0, 0.05) is 0 Å². The van der Waals surface area contributed by atoms with Crippen molar-refractivity contribution in [3.8, 4) is 0 Å². The van der Waals surface area contributed by atoms with E-state index in [0.717, 1.165) is 11.3 Å². The van der Waals surface area contributed by atoms with Gasteiger partial charge in [-0.2, -0.15) is 5.10 Å². The van der Waals surface area contributed by atoms with E-state index < -0.39 is 6.04 Å². The highest BCUT2D eigenvalue weighted by Crippen LogP contribution is 2.10. The van der Waals surface area contributed by atoms with Crippen molar-refractivity contribution in [3.05, 3.63) is 47.8 Å². The monoisotopic (exact) mass is 244 g/mol. The van der Waals surface area contributed by atoms with Gasteiger partial charge >= 0.3 is 0 Å². The Bertz CT molecular complexity index is 521. The third-order valence-corrected chi connectivity index (χ3v) is 2.72. The quantitative estimate of drug-likeness (QED) is 0.756. The minimum absolute atomic E-state index is 0.205. The Labute approximate surface area is 105 Å². The summed E-state index contributed by atoms with van der Waals surface area (Å²) in [6.07, 6.45) is 2.09. The van der Waals surface area contributed by atoms with Gasteiger partial charge in [-0.15, -0.1) is 0 Å². The van der Waals surface area contributed by atoms with Crippen LogP contribution in [-0.4, -0.2) is 22.1 Å². The van der Waals surface area contributed by atoms with Crippen LogP contribution in [0.2, 0.25) is 0 Å². The molecule has 0 unspecified atom stereocenters. The number of hydrogen-bond acceptors (Lipinski definition) is 3. The van der Waals surface area contributed by atoms with Crippen LogP contribution in [-0.2, 0) is 11.2 Å². The standard InChI is InChI=1S/C13H16N4O/c1-9-12(8-15-17-9)16-13(18)11(14)7-10-5-3-2-4-6-10/h2-6,8,11H,7,14H2,1H3,(H,15,17)(H,16,18)/t11-/m0/s1. The van der Waals surface area contributed by atoms with Crippen molar-refractivity contribution in [2.45, 2.75) is 19.4 Å². The van der Waals surface area contributed by atoms with Crippen molar-refractivity contribution in [1.29, 1.82) is 0 Å². The number of hydrogen-bond donors (Lipinski definition) is 3. The molecule has 5 heteroatoms. The van der Waals surface area contributed by atoms with E-state index in [4.69, 9.17) is 5.73 Å². The average Bonchev–Trinajstić information content (AvgIpc) is 2.76. The molecule has 0 aliphatic rings. The predicted molar refractivity (Wildman–Crippen MR) is 70.1 cm³/mol. The molecule has 1 aromatic heterocycles. The molecule has 0 fully saturated rings. The Balaban J connectivity index is 1.95. The highest BCUT2D eigenvalue weighted by atomic mass is 16.2. The summed E-state index contributed by atoms with van der Waals surface area (Å²) < 4.78 is 0. The van der Waals surface area contributed by atoms with Gasteiger partial charge in [0.2, 0.25) is 5.91 Å². The predicted octanol–water partition coefficient (Wildman–Crippen LogP) is 1.23. The third-order valence-electron chi connectivity index (χ3n) is 2.72. The van der Waals surface area contributed by atoms with Gasteiger partial charge in [-0.05, 0) is 18.9 Å². The highest BCUT2D eigenvalue weighted by Gasteiger charge is 2.15. The summed E-state index contributed by atoms with van der Waals surface area (Å²) in [7, 11) is 0. The van der Waals surface area contributed by atoms with E-state index in [-0.39, 0.29) is 5.91 Å². The van der Waals surface area contributed by atoms with Gasteiger partial charge in [-0.1, -0.05) is 30.3 Å². The fourth-order valence-corrected chi connectivity index (χ4v) is 1.66. The first-order valence-electron chi connectivity index (χ1n) is 5.77. The number of aromatic nitrogens is 2. The zero-order valence-electron chi connectivity index (χ0n) is 10.2. The smallest absolute Gasteiger partial charge is 0.241 e. The number of carbonyl (C=O) groups is 1. The average molecular weight is 244 g/mol. The molecule has 0 spiro atoms. The number of nitrogens with one attached hydrogen (secondary N) is 2. The molecule has 0 saturated carbocycles. The van der Waals surface area contributed by atoms with Gasteiger partial charge < -0.3 is 11.1 Å². The largest absolute Gasteiger partial charge is 0.322 e. The van der Waals surface area contributed by atoms with Gasteiger partial charge in [0.1, 0.15) is 0 Å². The van der Waals surface area contributed by atoms with E-state index in [2.05, 4.69) is 15.5 Å². The maximum Gasteiger partial charge on any atom is 0.241 e. The molecule has 0 aliphatic heterocycles. The Hall–Kier alpha value is -2.14. The lowest BCUT2D eigenvalue weighted by Gasteiger charge is -2.11. The molecule has 1 aromatic carbocycles. The molecular formula is C13H16N4O. The van der Waals surface area contributed by atoms with E-state index in [1.807, 2.05) is 37.3 Å². The summed E-state index contributed by atoms with van der Waals surface area (Å²) in [6.45, 7) is 1.84. The lowest BCUT2D eigenvalue weighted by atomic mass is 10.1. The van der Waals surface area contributed by atoms with Crippen molar-refractivity contribution >= 4 is 11.6 Å². The SMILES string of the molecule is Cc1[nH]ncc1NC(=O)[C@@H](N)Cc1ccccc1. The third kappa shape index (κ3) is 2.95.